The molecule has 2 aliphatic rings. The first-order chi connectivity index (χ1) is 15.0. The molecule has 1 aromatic carbocycles. The summed E-state index contributed by atoms with van der Waals surface area (Å²) in [5, 5.41) is 3.49. The minimum absolute atomic E-state index is 0. The van der Waals surface area contributed by atoms with Crippen LogP contribution in [-0.2, 0) is 27.3 Å². The van der Waals surface area contributed by atoms with Gasteiger partial charge in [0.15, 0.2) is 0 Å². The smallest absolute Gasteiger partial charge is 0.341 e. The Labute approximate surface area is 198 Å². The lowest BCUT2D eigenvalue weighted by Crippen LogP contribution is -2.30. The van der Waals surface area contributed by atoms with Gasteiger partial charge in [-0.25, -0.2) is 4.79 Å². The molecule has 0 saturated carbocycles. The van der Waals surface area contributed by atoms with Gasteiger partial charge < -0.3 is 15.0 Å². The third-order valence-electron chi connectivity index (χ3n) is 5.86. The number of fused-ring (bicyclic) bond motifs is 1. The normalized spacial score (nSPS) is 18.1. The molecular weight excluding hydrogens is 450 g/mol. The van der Waals surface area contributed by atoms with Crippen LogP contribution in [0.4, 0.5) is 10.7 Å². The first-order valence-corrected chi connectivity index (χ1v) is 11.5. The summed E-state index contributed by atoms with van der Waals surface area (Å²) in [6.07, 6.45) is 0.914. The van der Waals surface area contributed by atoms with Gasteiger partial charge in [-0.3, -0.25) is 14.5 Å². The Kier molecular flexibility index (Phi) is 7.92. The minimum Gasteiger partial charge on any atom is -0.462 e. The van der Waals surface area contributed by atoms with E-state index in [1.165, 1.54) is 11.3 Å². The number of para-hydroxylation sites is 1. The van der Waals surface area contributed by atoms with Crippen LogP contribution in [0.5, 0.6) is 0 Å². The predicted molar refractivity (Wildman–Crippen MR) is 128 cm³/mol. The van der Waals surface area contributed by atoms with Gasteiger partial charge in [-0.15, -0.1) is 23.7 Å². The fourth-order valence-electron chi connectivity index (χ4n) is 4.19. The van der Waals surface area contributed by atoms with Gasteiger partial charge in [0.1, 0.15) is 5.00 Å². The van der Waals surface area contributed by atoms with Crippen molar-refractivity contribution in [2.24, 2.45) is 5.92 Å². The molecule has 1 N–H and O–H groups in total. The maximum absolute atomic E-state index is 13.1. The number of carbonyl (C=O) groups excluding carboxylic acids is 3. The summed E-state index contributed by atoms with van der Waals surface area (Å²) in [5.74, 6) is -1.16. The fraction of sp³-hybridized carbons (Fsp3) is 0.435. The molecule has 32 heavy (non-hydrogen) atoms. The van der Waals surface area contributed by atoms with E-state index in [0.717, 1.165) is 42.2 Å². The van der Waals surface area contributed by atoms with Crippen molar-refractivity contribution >= 4 is 52.2 Å². The number of carbonyl (C=O) groups is 3. The van der Waals surface area contributed by atoms with Crippen LogP contribution in [0.2, 0.25) is 0 Å². The molecule has 7 nitrogen and oxygen atoms in total. The lowest BCUT2D eigenvalue weighted by molar-refractivity contribution is -0.122. The van der Waals surface area contributed by atoms with Gasteiger partial charge in [0.05, 0.1) is 18.1 Å². The SMILES string of the molecule is CCOC(=O)c1c(NC(=O)C2CC(=O)N(c3ccccc3)C2)sc2c1CCN(CC)C2.Cl. The van der Waals surface area contributed by atoms with Crippen molar-refractivity contribution in [2.75, 3.05) is 36.5 Å². The number of nitrogens with one attached hydrogen (secondary N) is 1. The average molecular weight is 478 g/mol. The predicted octanol–water partition coefficient (Wildman–Crippen LogP) is 3.72. The molecule has 2 aliphatic heterocycles. The van der Waals surface area contributed by atoms with Crippen molar-refractivity contribution in [2.45, 2.75) is 33.2 Å². The number of esters is 1. The van der Waals surface area contributed by atoms with Crippen LogP contribution >= 0.6 is 23.7 Å². The molecule has 2 amide bonds. The van der Waals surface area contributed by atoms with E-state index >= 15 is 0 Å². The number of benzene rings is 1. The maximum Gasteiger partial charge on any atom is 0.341 e. The summed E-state index contributed by atoms with van der Waals surface area (Å²) in [5.41, 5.74) is 2.26. The van der Waals surface area contributed by atoms with E-state index in [1.54, 1.807) is 11.8 Å². The van der Waals surface area contributed by atoms with E-state index in [0.29, 0.717) is 17.1 Å². The molecule has 1 fully saturated rings. The number of rotatable bonds is 6. The number of ether oxygens (including phenoxy) is 1. The Morgan fingerprint density at radius 3 is 2.66 bits per heavy atom. The molecule has 3 heterocycles. The molecule has 0 radical (unpaired) electrons. The van der Waals surface area contributed by atoms with E-state index < -0.39 is 11.9 Å². The highest BCUT2D eigenvalue weighted by Crippen LogP contribution is 2.38. The molecule has 1 aromatic heterocycles. The average Bonchev–Trinajstić information content (AvgIpc) is 3.34. The van der Waals surface area contributed by atoms with Crippen LogP contribution in [0.3, 0.4) is 0 Å². The molecule has 1 unspecified atom stereocenters. The van der Waals surface area contributed by atoms with Crippen LogP contribution in [0.25, 0.3) is 0 Å². The van der Waals surface area contributed by atoms with E-state index in [-0.39, 0.29) is 37.2 Å². The third-order valence-corrected chi connectivity index (χ3v) is 7.00. The first-order valence-electron chi connectivity index (χ1n) is 10.7. The van der Waals surface area contributed by atoms with Crippen molar-refractivity contribution in [3.05, 3.63) is 46.3 Å². The lowest BCUT2D eigenvalue weighted by Gasteiger charge is -2.25. The Balaban J connectivity index is 0.00000289. The largest absolute Gasteiger partial charge is 0.462 e. The number of nitrogens with zero attached hydrogens (tertiary/aromatic N) is 2. The Morgan fingerprint density at radius 1 is 1.22 bits per heavy atom. The van der Waals surface area contributed by atoms with Crippen LogP contribution in [0.15, 0.2) is 30.3 Å². The van der Waals surface area contributed by atoms with E-state index in [1.807, 2.05) is 30.3 Å². The van der Waals surface area contributed by atoms with Gasteiger partial charge >= 0.3 is 5.97 Å². The summed E-state index contributed by atoms with van der Waals surface area (Å²) in [7, 11) is 0. The standard InChI is InChI=1S/C23H27N3O4S.ClH/c1-3-25-11-10-17-18(14-25)31-22(20(17)23(29)30-4-2)24-21(28)15-12-19(27)26(13-15)16-8-6-5-7-9-16;/h5-9,15H,3-4,10-14H2,1-2H3,(H,24,28);1H. The summed E-state index contributed by atoms with van der Waals surface area (Å²) in [4.78, 5) is 43.3. The number of hydrogen-bond acceptors (Lipinski definition) is 6. The monoisotopic (exact) mass is 477 g/mol. The Hall–Kier alpha value is -2.42. The van der Waals surface area contributed by atoms with Gasteiger partial charge in [-0.05, 0) is 37.6 Å². The molecular formula is C23H28ClN3O4S. The lowest BCUT2D eigenvalue weighted by atomic mass is 10.0. The zero-order valence-corrected chi connectivity index (χ0v) is 19.9. The quantitative estimate of drug-likeness (QED) is 0.641. The highest BCUT2D eigenvalue weighted by atomic mass is 35.5. The van der Waals surface area contributed by atoms with E-state index in [9.17, 15) is 14.4 Å². The summed E-state index contributed by atoms with van der Waals surface area (Å²) < 4.78 is 5.29. The van der Waals surface area contributed by atoms with Crippen molar-refractivity contribution < 1.29 is 19.1 Å². The zero-order valence-electron chi connectivity index (χ0n) is 18.3. The molecule has 1 atom stereocenters. The van der Waals surface area contributed by atoms with Crippen LogP contribution in [0, 0.1) is 5.92 Å². The number of halogens is 1. The minimum atomic E-state index is -0.464. The van der Waals surface area contributed by atoms with Gasteiger partial charge in [0.2, 0.25) is 11.8 Å². The second-order valence-corrected chi connectivity index (χ2v) is 8.88. The summed E-state index contributed by atoms with van der Waals surface area (Å²) in [6, 6.07) is 9.37. The highest BCUT2D eigenvalue weighted by molar-refractivity contribution is 7.17. The number of hydrogen-bond donors (Lipinski definition) is 1. The molecule has 1 saturated heterocycles. The Morgan fingerprint density at radius 2 is 1.97 bits per heavy atom. The number of amides is 2. The molecule has 0 spiro atoms. The fourth-order valence-corrected chi connectivity index (χ4v) is 5.47. The van der Waals surface area contributed by atoms with Gasteiger partial charge in [0, 0.05) is 36.6 Å². The maximum atomic E-state index is 13.1. The van der Waals surface area contributed by atoms with Gasteiger partial charge in [-0.2, -0.15) is 0 Å². The molecule has 9 heteroatoms. The van der Waals surface area contributed by atoms with Crippen molar-refractivity contribution in [3.8, 4) is 0 Å². The summed E-state index contributed by atoms with van der Waals surface area (Å²) >= 11 is 1.45. The topological polar surface area (TPSA) is 78.9 Å². The van der Waals surface area contributed by atoms with Gasteiger partial charge in [0.25, 0.3) is 0 Å². The number of anilines is 2. The first kappa shape index (κ1) is 24.2. The van der Waals surface area contributed by atoms with Crippen LogP contribution in [0.1, 0.15) is 41.1 Å². The highest BCUT2D eigenvalue weighted by Gasteiger charge is 2.36. The molecule has 4 rings (SSSR count). The van der Waals surface area contributed by atoms with Crippen LogP contribution < -0.4 is 10.2 Å². The zero-order chi connectivity index (χ0) is 22.0. The second kappa shape index (κ2) is 10.5. The van der Waals surface area contributed by atoms with Crippen molar-refractivity contribution in [3.63, 3.8) is 0 Å². The molecule has 2 aromatic rings. The Bertz CT molecular complexity index is 995. The van der Waals surface area contributed by atoms with E-state index in [2.05, 4.69) is 17.1 Å². The van der Waals surface area contributed by atoms with Gasteiger partial charge in [-0.1, -0.05) is 25.1 Å². The number of likely N-dealkylation sites (N-methyl/N-ethyl adjacent to an activating group) is 1. The van der Waals surface area contributed by atoms with Crippen molar-refractivity contribution in [1.29, 1.82) is 0 Å². The number of thiophene rings is 1. The second-order valence-electron chi connectivity index (χ2n) is 7.78. The van der Waals surface area contributed by atoms with Crippen molar-refractivity contribution in [1.82, 2.24) is 4.90 Å². The van der Waals surface area contributed by atoms with E-state index in [4.69, 9.17) is 4.74 Å². The van der Waals surface area contributed by atoms with Crippen LogP contribution in [-0.4, -0.2) is 48.9 Å². The molecule has 0 bridgehead atoms. The summed E-state index contributed by atoms with van der Waals surface area (Å²) in [6.45, 7) is 7.08. The molecule has 172 valence electrons. The molecule has 0 aliphatic carbocycles. The third kappa shape index (κ3) is 4.82.